The van der Waals surface area contributed by atoms with Crippen LogP contribution < -0.4 is 11.3 Å². The second-order valence-electron chi connectivity index (χ2n) is 4.61. The van der Waals surface area contributed by atoms with Crippen LogP contribution in [0.15, 0.2) is 48.7 Å². The van der Waals surface area contributed by atoms with E-state index in [9.17, 15) is 27.2 Å². The first-order chi connectivity index (χ1) is 11.2. The zero-order valence-electron chi connectivity index (χ0n) is 11.9. The maximum Gasteiger partial charge on any atom is 0.453 e. The van der Waals surface area contributed by atoms with E-state index in [2.05, 4.69) is 4.74 Å². The number of allylic oxidation sites excluding steroid dienone is 2. The molecule has 128 valence electrons. The van der Waals surface area contributed by atoms with Crippen LogP contribution in [0.1, 0.15) is 10.4 Å². The summed E-state index contributed by atoms with van der Waals surface area (Å²) in [4.78, 5) is 23.8. The van der Waals surface area contributed by atoms with Gasteiger partial charge in [-0.25, -0.2) is 24.7 Å². The first-order valence-electron chi connectivity index (χ1n) is 6.43. The Hall–Kier alpha value is -2.88. The number of carbonyl (C=O) groups excluding carboxylic acids is 2. The van der Waals surface area contributed by atoms with Crippen molar-refractivity contribution in [3.63, 3.8) is 0 Å². The maximum atomic E-state index is 13.6. The Bertz CT molecular complexity index is 700. The van der Waals surface area contributed by atoms with Gasteiger partial charge in [0.2, 0.25) is 0 Å². The number of ether oxygens (including phenoxy) is 1. The van der Waals surface area contributed by atoms with Gasteiger partial charge in [-0.2, -0.15) is 13.2 Å². The molecule has 1 heterocycles. The second kappa shape index (κ2) is 6.32. The molecular formula is C14H11F4N3O3. The fourth-order valence-corrected chi connectivity index (χ4v) is 1.96. The standard InChI is InChI=1S/C14H11F4N3O3/c15-10-5-3-9(4-6-10)11(22)24-13(14(16,17)18)7-1-2-8-21(13)12(23)20-19/h1-8H,19H2,(H,20,23). The van der Waals surface area contributed by atoms with Crippen LogP contribution in [-0.4, -0.2) is 28.8 Å². The number of nitrogens with one attached hydrogen (secondary N) is 1. The summed E-state index contributed by atoms with van der Waals surface area (Å²) < 4.78 is 58.2. The molecule has 0 spiro atoms. The maximum absolute atomic E-state index is 13.6. The molecule has 0 saturated heterocycles. The van der Waals surface area contributed by atoms with Crippen molar-refractivity contribution in [1.29, 1.82) is 0 Å². The molecule has 0 radical (unpaired) electrons. The van der Waals surface area contributed by atoms with E-state index < -0.39 is 29.7 Å². The highest BCUT2D eigenvalue weighted by atomic mass is 19.4. The number of hydrazine groups is 1. The SMILES string of the molecule is NNC(=O)N1C=CC=CC1(OC(=O)c1ccc(F)cc1)C(F)(F)F. The lowest BCUT2D eigenvalue weighted by molar-refractivity contribution is -0.273. The molecule has 24 heavy (non-hydrogen) atoms. The van der Waals surface area contributed by atoms with E-state index >= 15 is 0 Å². The van der Waals surface area contributed by atoms with E-state index in [4.69, 9.17) is 5.84 Å². The monoisotopic (exact) mass is 345 g/mol. The zero-order valence-corrected chi connectivity index (χ0v) is 11.9. The fourth-order valence-electron chi connectivity index (χ4n) is 1.96. The average molecular weight is 345 g/mol. The Morgan fingerprint density at radius 2 is 1.79 bits per heavy atom. The van der Waals surface area contributed by atoms with E-state index in [1.165, 1.54) is 0 Å². The highest BCUT2D eigenvalue weighted by Crippen LogP contribution is 2.40. The number of hydrogen-bond donors (Lipinski definition) is 2. The van der Waals surface area contributed by atoms with Crippen LogP contribution >= 0.6 is 0 Å². The summed E-state index contributed by atoms with van der Waals surface area (Å²) >= 11 is 0. The predicted octanol–water partition coefficient (Wildman–Crippen LogP) is 2.21. The van der Waals surface area contributed by atoms with Crippen molar-refractivity contribution in [3.05, 3.63) is 60.1 Å². The summed E-state index contributed by atoms with van der Waals surface area (Å²) in [6.07, 6.45) is -1.83. The molecule has 6 nitrogen and oxygen atoms in total. The van der Waals surface area contributed by atoms with Gasteiger partial charge in [-0.05, 0) is 36.4 Å². The number of carbonyl (C=O) groups is 2. The molecule has 1 atom stereocenters. The molecule has 0 aromatic heterocycles. The zero-order chi connectivity index (χ0) is 18.0. The van der Waals surface area contributed by atoms with Gasteiger partial charge in [-0.3, -0.25) is 5.43 Å². The summed E-state index contributed by atoms with van der Waals surface area (Å²) in [6, 6.07) is 2.34. The molecule has 10 heteroatoms. The molecule has 1 aliphatic heterocycles. The molecule has 2 rings (SSSR count). The molecular weight excluding hydrogens is 334 g/mol. The van der Waals surface area contributed by atoms with Gasteiger partial charge in [0.05, 0.1) is 5.56 Å². The van der Waals surface area contributed by atoms with Gasteiger partial charge in [0, 0.05) is 6.20 Å². The number of halogens is 4. The third-order valence-corrected chi connectivity index (χ3v) is 3.10. The van der Waals surface area contributed by atoms with Crippen LogP contribution in [0.3, 0.4) is 0 Å². The Labute approximate surface area is 133 Å². The minimum absolute atomic E-state index is 0.0917. The number of urea groups is 1. The highest BCUT2D eigenvalue weighted by Gasteiger charge is 2.62. The van der Waals surface area contributed by atoms with Crippen molar-refractivity contribution in [3.8, 4) is 0 Å². The fraction of sp³-hybridized carbons (Fsp3) is 0.143. The van der Waals surface area contributed by atoms with Gasteiger partial charge in [-0.15, -0.1) is 0 Å². The summed E-state index contributed by atoms with van der Waals surface area (Å²) in [5, 5.41) is 0. The lowest BCUT2D eigenvalue weighted by atomic mass is 10.1. The van der Waals surface area contributed by atoms with E-state index in [0.29, 0.717) is 6.08 Å². The normalized spacial score (nSPS) is 20.0. The highest BCUT2D eigenvalue weighted by molar-refractivity contribution is 5.90. The number of amides is 2. The Kier molecular flexibility index (Phi) is 4.60. The number of esters is 1. The van der Waals surface area contributed by atoms with Crippen LogP contribution in [0.2, 0.25) is 0 Å². The smallest absolute Gasteiger partial charge is 0.421 e. The minimum atomic E-state index is -5.17. The number of rotatable bonds is 2. The van der Waals surface area contributed by atoms with Crippen molar-refractivity contribution < 1.29 is 31.9 Å². The van der Waals surface area contributed by atoms with Crippen LogP contribution in [0.5, 0.6) is 0 Å². The first kappa shape index (κ1) is 17.5. The first-order valence-corrected chi connectivity index (χ1v) is 6.43. The predicted molar refractivity (Wildman–Crippen MR) is 73.4 cm³/mol. The van der Waals surface area contributed by atoms with Crippen molar-refractivity contribution in [2.24, 2.45) is 5.84 Å². The third kappa shape index (κ3) is 3.08. The molecule has 1 aromatic carbocycles. The van der Waals surface area contributed by atoms with Crippen molar-refractivity contribution in [2.45, 2.75) is 11.9 Å². The second-order valence-corrected chi connectivity index (χ2v) is 4.61. The lowest BCUT2D eigenvalue weighted by Gasteiger charge is -2.40. The molecule has 0 aliphatic carbocycles. The Balaban J connectivity index is 2.43. The van der Waals surface area contributed by atoms with Crippen molar-refractivity contribution in [1.82, 2.24) is 10.3 Å². The number of nitrogens with zero attached hydrogens (tertiary/aromatic N) is 1. The van der Waals surface area contributed by atoms with Crippen LogP contribution in [0, 0.1) is 5.82 Å². The number of hydrogen-bond acceptors (Lipinski definition) is 4. The topological polar surface area (TPSA) is 84.7 Å². The van der Waals surface area contributed by atoms with Gasteiger partial charge in [0.25, 0.3) is 0 Å². The van der Waals surface area contributed by atoms with Gasteiger partial charge in [-0.1, -0.05) is 6.08 Å². The quantitative estimate of drug-likeness (QED) is 0.283. The molecule has 0 fully saturated rings. The van der Waals surface area contributed by atoms with Gasteiger partial charge in [0.1, 0.15) is 5.82 Å². The number of alkyl halides is 3. The Morgan fingerprint density at radius 3 is 2.33 bits per heavy atom. The Morgan fingerprint density at radius 1 is 1.17 bits per heavy atom. The van der Waals surface area contributed by atoms with Crippen molar-refractivity contribution >= 4 is 12.0 Å². The molecule has 1 aromatic rings. The van der Waals surface area contributed by atoms with Gasteiger partial charge in [0.15, 0.2) is 0 Å². The van der Waals surface area contributed by atoms with Gasteiger partial charge >= 0.3 is 23.9 Å². The number of benzene rings is 1. The summed E-state index contributed by atoms with van der Waals surface area (Å²) in [5.74, 6) is 2.80. The van der Waals surface area contributed by atoms with E-state index in [1.807, 2.05) is 0 Å². The molecule has 0 saturated carbocycles. The molecule has 3 N–H and O–H groups in total. The van der Waals surface area contributed by atoms with Crippen LogP contribution in [0.25, 0.3) is 0 Å². The van der Waals surface area contributed by atoms with E-state index in [1.54, 1.807) is 5.43 Å². The summed E-state index contributed by atoms with van der Waals surface area (Å²) in [6.45, 7) is 0. The largest absolute Gasteiger partial charge is 0.453 e. The summed E-state index contributed by atoms with van der Waals surface area (Å²) in [5.41, 5.74) is -2.17. The van der Waals surface area contributed by atoms with Gasteiger partial charge < -0.3 is 4.74 Å². The third-order valence-electron chi connectivity index (χ3n) is 3.10. The number of nitrogens with two attached hydrogens (primary N) is 1. The average Bonchev–Trinajstić information content (AvgIpc) is 2.54. The molecule has 1 aliphatic rings. The lowest BCUT2D eigenvalue weighted by Crippen LogP contribution is -2.63. The molecule has 1 unspecified atom stereocenters. The van der Waals surface area contributed by atoms with Crippen LogP contribution in [-0.2, 0) is 4.74 Å². The van der Waals surface area contributed by atoms with Crippen molar-refractivity contribution in [2.75, 3.05) is 0 Å². The molecule has 0 bridgehead atoms. The minimum Gasteiger partial charge on any atom is -0.421 e. The van der Waals surface area contributed by atoms with E-state index in [0.717, 1.165) is 42.6 Å². The molecule has 2 amide bonds. The van der Waals surface area contributed by atoms with E-state index in [-0.39, 0.29) is 10.5 Å². The summed E-state index contributed by atoms with van der Waals surface area (Å²) in [7, 11) is 0. The van der Waals surface area contributed by atoms with Crippen LogP contribution in [0.4, 0.5) is 22.4 Å².